The number of carbonyl (C=O) groups is 4. The quantitative estimate of drug-likeness (QED) is 0.306. The summed E-state index contributed by atoms with van der Waals surface area (Å²) in [6.45, 7) is 6.17. The van der Waals surface area contributed by atoms with E-state index in [1.54, 1.807) is 20.8 Å². The van der Waals surface area contributed by atoms with Gasteiger partial charge in [0.05, 0.1) is 19.4 Å². The molecule has 180 valence electrons. The molecule has 0 heterocycles. The van der Waals surface area contributed by atoms with E-state index in [0.29, 0.717) is 13.3 Å². The Morgan fingerprint density at radius 1 is 0.812 bits per heavy atom. The molecule has 10 heteroatoms. The van der Waals surface area contributed by atoms with Crippen LogP contribution in [0.3, 0.4) is 0 Å². The topological polar surface area (TPSA) is 96.0 Å². The van der Waals surface area contributed by atoms with E-state index in [-0.39, 0.29) is 38.4 Å². The SMILES string of the molecule is CC(=O)C(F)(F)F.CC(C)(C)OC(=O)CCCOC(=O)CCC(=O)OCc1ccccc1. The molecule has 0 aliphatic heterocycles. The normalized spacial score (nSPS) is 11.0. The molecule has 0 aliphatic carbocycles. The minimum atomic E-state index is -4.64. The van der Waals surface area contributed by atoms with Gasteiger partial charge in [-0.15, -0.1) is 0 Å². The number of esters is 3. The van der Waals surface area contributed by atoms with E-state index in [0.717, 1.165) is 5.56 Å². The molecule has 0 atom stereocenters. The summed E-state index contributed by atoms with van der Waals surface area (Å²) in [4.78, 5) is 44.0. The largest absolute Gasteiger partial charge is 0.466 e. The fraction of sp³-hybridized carbons (Fsp3) is 0.545. The third kappa shape index (κ3) is 16.8. The predicted octanol–water partition coefficient (Wildman–Crippen LogP) is 4.31. The summed E-state index contributed by atoms with van der Waals surface area (Å²) in [5.41, 5.74) is 0.369. The van der Waals surface area contributed by atoms with E-state index in [4.69, 9.17) is 14.2 Å². The van der Waals surface area contributed by atoms with Gasteiger partial charge in [0.25, 0.3) is 0 Å². The molecular weight excluding hydrogens is 433 g/mol. The highest BCUT2D eigenvalue weighted by molar-refractivity contribution is 5.81. The van der Waals surface area contributed by atoms with Crippen molar-refractivity contribution >= 4 is 23.7 Å². The molecule has 1 aromatic carbocycles. The van der Waals surface area contributed by atoms with Gasteiger partial charge >= 0.3 is 24.1 Å². The van der Waals surface area contributed by atoms with E-state index in [1.807, 2.05) is 30.3 Å². The summed E-state index contributed by atoms with van der Waals surface area (Å²) in [6, 6.07) is 9.30. The van der Waals surface area contributed by atoms with Crippen LogP contribution < -0.4 is 0 Å². The van der Waals surface area contributed by atoms with Crippen molar-refractivity contribution in [1.82, 2.24) is 0 Å². The second kappa shape index (κ2) is 14.2. The number of ketones is 1. The zero-order chi connectivity index (χ0) is 24.8. The molecule has 0 amide bonds. The lowest BCUT2D eigenvalue weighted by Crippen LogP contribution is -2.24. The standard InChI is InChI=1S/C19H26O6.C3H3F3O/c1-19(2,3)25-18(22)10-7-13-23-16(20)11-12-17(21)24-14-15-8-5-4-6-9-15;1-2(7)3(4,5)6/h4-6,8-9H,7,10-14H2,1-3H3;1H3. The van der Waals surface area contributed by atoms with Crippen LogP contribution in [0.2, 0.25) is 0 Å². The summed E-state index contributed by atoms with van der Waals surface area (Å²) in [5, 5.41) is 0. The number of alkyl halides is 3. The molecule has 0 bridgehead atoms. The number of benzene rings is 1. The molecule has 0 unspecified atom stereocenters. The minimum Gasteiger partial charge on any atom is -0.466 e. The number of halogens is 3. The van der Waals surface area contributed by atoms with E-state index in [1.165, 1.54) is 0 Å². The zero-order valence-electron chi connectivity index (χ0n) is 18.6. The van der Waals surface area contributed by atoms with Crippen LogP contribution in [0.5, 0.6) is 0 Å². The van der Waals surface area contributed by atoms with Gasteiger partial charge < -0.3 is 14.2 Å². The molecule has 0 fully saturated rings. The highest BCUT2D eigenvalue weighted by Gasteiger charge is 2.33. The number of ether oxygens (including phenoxy) is 3. The maximum Gasteiger partial charge on any atom is 0.449 e. The third-order valence-corrected chi connectivity index (χ3v) is 3.38. The summed E-state index contributed by atoms with van der Waals surface area (Å²) in [5.74, 6) is -3.02. The second-order valence-electron chi connectivity index (χ2n) is 7.61. The first-order chi connectivity index (χ1) is 14.7. The van der Waals surface area contributed by atoms with Gasteiger partial charge in [-0.1, -0.05) is 30.3 Å². The van der Waals surface area contributed by atoms with Crippen molar-refractivity contribution in [3.05, 3.63) is 35.9 Å². The van der Waals surface area contributed by atoms with Crippen LogP contribution in [0.4, 0.5) is 13.2 Å². The van der Waals surface area contributed by atoms with Crippen LogP contribution in [0.15, 0.2) is 30.3 Å². The van der Waals surface area contributed by atoms with Crippen LogP contribution in [-0.2, 0) is 40.0 Å². The Balaban J connectivity index is 0.00000118. The average molecular weight is 462 g/mol. The fourth-order valence-electron chi connectivity index (χ4n) is 1.88. The molecule has 0 aromatic heterocycles. The summed E-state index contributed by atoms with van der Waals surface area (Å²) in [6.07, 6.45) is -4.14. The molecule has 0 saturated heterocycles. The highest BCUT2D eigenvalue weighted by Crippen LogP contribution is 2.14. The molecule has 0 N–H and O–H groups in total. The maximum atomic E-state index is 11.6. The van der Waals surface area contributed by atoms with Crippen molar-refractivity contribution < 1.29 is 46.6 Å². The van der Waals surface area contributed by atoms with Crippen molar-refractivity contribution in [1.29, 1.82) is 0 Å². The first-order valence-corrected chi connectivity index (χ1v) is 9.85. The summed E-state index contributed by atoms with van der Waals surface area (Å²) >= 11 is 0. The Morgan fingerprint density at radius 2 is 1.31 bits per heavy atom. The number of carbonyl (C=O) groups excluding carboxylic acids is 4. The summed E-state index contributed by atoms with van der Waals surface area (Å²) < 4.78 is 47.7. The van der Waals surface area contributed by atoms with Gasteiger partial charge in [-0.25, -0.2) is 0 Å². The van der Waals surface area contributed by atoms with Crippen molar-refractivity contribution in [2.24, 2.45) is 0 Å². The van der Waals surface area contributed by atoms with Crippen molar-refractivity contribution in [3.63, 3.8) is 0 Å². The van der Waals surface area contributed by atoms with E-state index >= 15 is 0 Å². The lowest BCUT2D eigenvalue weighted by molar-refractivity contribution is -0.168. The average Bonchev–Trinajstić information content (AvgIpc) is 2.67. The van der Waals surface area contributed by atoms with Crippen LogP contribution in [0.25, 0.3) is 0 Å². The molecule has 32 heavy (non-hydrogen) atoms. The fourth-order valence-corrected chi connectivity index (χ4v) is 1.88. The monoisotopic (exact) mass is 462 g/mol. The van der Waals surface area contributed by atoms with Gasteiger partial charge in [0.1, 0.15) is 12.2 Å². The molecular formula is C22H29F3O7. The van der Waals surface area contributed by atoms with E-state index in [9.17, 15) is 32.3 Å². The Morgan fingerprint density at radius 3 is 1.78 bits per heavy atom. The lowest BCUT2D eigenvalue weighted by Gasteiger charge is -2.19. The molecule has 0 radical (unpaired) electrons. The first kappa shape index (κ1) is 29.1. The number of hydrogen-bond donors (Lipinski definition) is 0. The van der Waals surface area contributed by atoms with Crippen LogP contribution >= 0.6 is 0 Å². The maximum absolute atomic E-state index is 11.6. The van der Waals surface area contributed by atoms with Gasteiger partial charge in [-0.2, -0.15) is 13.2 Å². The molecule has 0 saturated carbocycles. The van der Waals surface area contributed by atoms with Gasteiger partial charge in [0.15, 0.2) is 0 Å². The zero-order valence-corrected chi connectivity index (χ0v) is 18.6. The molecule has 0 spiro atoms. The van der Waals surface area contributed by atoms with Crippen molar-refractivity contribution in [3.8, 4) is 0 Å². The van der Waals surface area contributed by atoms with Gasteiger partial charge in [-0.3, -0.25) is 19.2 Å². The van der Waals surface area contributed by atoms with E-state index in [2.05, 4.69) is 0 Å². The van der Waals surface area contributed by atoms with Gasteiger partial charge in [-0.05, 0) is 32.8 Å². The Hall–Kier alpha value is -2.91. The Kier molecular flexibility index (Phi) is 12.9. The first-order valence-electron chi connectivity index (χ1n) is 9.85. The number of Topliss-reactive ketones (excluding diaryl/α,β-unsaturated/α-hetero) is 1. The molecule has 7 nitrogen and oxygen atoms in total. The number of rotatable bonds is 9. The lowest BCUT2D eigenvalue weighted by atomic mass is 10.2. The van der Waals surface area contributed by atoms with Crippen molar-refractivity contribution in [2.45, 2.75) is 71.8 Å². The molecule has 1 rings (SSSR count). The summed E-state index contributed by atoms with van der Waals surface area (Å²) in [7, 11) is 0. The smallest absolute Gasteiger partial charge is 0.449 e. The third-order valence-electron chi connectivity index (χ3n) is 3.38. The predicted molar refractivity (Wildman–Crippen MR) is 108 cm³/mol. The van der Waals surface area contributed by atoms with Crippen LogP contribution in [-0.4, -0.2) is 42.1 Å². The Bertz CT molecular complexity index is 738. The van der Waals surface area contributed by atoms with Gasteiger partial charge in [0.2, 0.25) is 5.78 Å². The number of hydrogen-bond acceptors (Lipinski definition) is 7. The highest BCUT2D eigenvalue weighted by atomic mass is 19.4. The van der Waals surface area contributed by atoms with E-state index < -0.39 is 29.5 Å². The van der Waals surface area contributed by atoms with Crippen molar-refractivity contribution in [2.75, 3.05) is 6.61 Å². The van der Waals surface area contributed by atoms with Crippen LogP contribution in [0, 0.1) is 0 Å². The molecule has 0 aliphatic rings. The minimum absolute atomic E-state index is 0.0300. The second-order valence-corrected chi connectivity index (χ2v) is 7.61. The Labute approximate surface area is 185 Å². The van der Waals surface area contributed by atoms with Gasteiger partial charge in [0, 0.05) is 13.3 Å². The molecule has 1 aromatic rings. The van der Waals surface area contributed by atoms with Crippen LogP contribution in [0.1, 0.15) is 58.9 Å².